The van der Waals surface area contributed by atoms with Crippen molar-refractivity contribution in [1.82, 2.24) is 4.57 Å². The summed E-state index contributed by atoms with van der Waals surface area (Å²) in [7, 11) is 0. The van der Waals surface area contributed by atoms with Crippen molar-refractivity contribution in [2.45, 2.75) is 32.7 Å². The number of ether oxygens (including phenoxy) is 1. The van der Waals surface area contributed by atoms with Crippen LogP contribution in [0.15, 0.2) is 30.3 Å². The quantitative estimate of drug-likeness (QED) is 0.611. The molecule has 0 atom stereocenters. The SMILES string of the molecule is Cc1cc(C(=O)OCC(=O)c2ccccc2Cl)c(C)n1C1CC1. The Hall–Kier alpha value is -2.07. The molecular weight excluding hydrogens is 314 g/mol. The molecule has 2 aromatic rings. The second-order valence-electron chi connectivity index (χ2n) is 5.87. The van der Waals surface area contributed by atoms with Gasteiger partial charge in [-0.1, -0.05) is 23.7 Å². The van der Waals surface area contributed by atoms with Gasteiger partial charge in [0.1, 0.15) is 0 Å². The van der Waals surface area contributed by atoms with Gasteiger partial charge in [-0.15, -0.1) is 0 Å². The number of Topliss-reactive ketones (excluding diaryl/α,β-unsaturated/α-hetero) is 1. The Kier molecular flexibility index (Phi) is 4.26. The standard InChI is InChI=1S/C18H18ClNO3/c1-11-9-15(12(2)20(11)13-7-8-13)18(22)23-10-17(21)14-5-3-4-6-16(14)19/h3-6,9,13H,7-8,10H2,1-2H3. The first-order chi connectivity index (χ1) is 11.0. The molecular formula is C18H18ClNO3. The number of hydrogen-bond donors (Lipinski definition) is 0. The Labute approximate surface area is 140 Å². The number of esters is 1. The summed E-state index contributed by atoms with van der Waals surface area (Å²) in [6, 6.07) is 9.07. The zero-order valence-electron chi connectivity index (χ0n) is 13.1. The fourth-order valence-electron chi connectivity index (χ4n) is 2.85. The Morgan fingerprint density at radius 2 is 1.91 bits per heavy atom. The van der Waals surface area contributed by atoms with Crippen molar-refractivity contribution in [2.75, 3.05) is 6.61 Å². The van der Waals surface area contributed by atoms with Gasteiger partial charge >= 0.3 is 5.97 Å². The average Bonchev–Trinajstić information content (AvgIpc) is 3.30. The summed E-state index contributed by atoms with van der Waals surface area (Å²) in [5.41, 5.74) is 2.85. The van der Waals surface area contributed by atoms with Crippen LogP contribution in [0.3, 0.4) is 0 Å². The lowest BCUT2D eigenvalue weighted by Crippen LogP contribution is -2.15. The number of aromatic nitrogens is 1. The predicted molar refractivity (Wildman–Crippen MR) is 88.2 cm³/mol. The van der Waals surface area contributed by atoms with Gasteiger partial charge in [0.2, 0.25) is 5.78 Å². The van der Waals surface area contributed by atoms with Crippen molar-refractivity contribution in [2.24, 2.45) is 0 Å². The van der Waals surface area contributed by atoms with E-state index in [1.165, 1.54) is 0 Å². The van der Waals surface area contributed by atoms with E-state index in [-0.39, 0.29) is 12.4 Å². The molecule has 0 bridgehead atoms. The Bertz CT molecular complexity index is 775. The van der Waals surface area contributed by atoms with E-state index in [0.29, 0.717) is 22.2 Å². The molecule has 0 spiro atoms. The minimum absolute atomic E-state index is 0.306. The van der Waals surface area contributed by atoms with Crippen LogP contribution in [0.25, 0.3) is 0 Å². The second kappa shape index (κ2) is 6.20. The zero-order valence-corrected chi connectivity index (χ0v) is 13.9. The number of carbonyl (C=O) groups excluding carboxylic acids is 2. The minimum atomic E-state index is -0.467. The average molecular weight is 332 g/mol. The largest absolute Gasteiger partial charge is 0.454 e. The summed E-state index contributed by atoms with van der Waals surface area (Å²) < 4.78 is 7.36. The van der Waals surface area contributed by atoms with Crippen LogP contribution < -0.4 is 0 Å². The van der Waals surface area contributed by atoms with Crippen molar-refractivity contribution >= 4 is 23.4 Å². The summed E-state index contributed by atoms with van der Waals surface area (Å²) >= 11 is 5.98. The highest BCUT2D eigenvalue weighted by molar-refractivity contribution is 6.34. The van der Waals surface area contributed by atoms with Gasteiger partial charge in [-0.25, -0.2) is 4.79 Å². The fraction of sp³-hybridized carbons (Fsp3) is 0.333. The molecule has 4 nitrogen and oxygen atoms in total. The fourth-order valence-corrected chi connectivity index (χ4v) is 3.09. The highest BCUT2D eigenvalue weighted by Gasteiger charge is 2.29. The first-order valence-electron chi connectivity index (χ1n) is 7.62. The van der Waals surface area contributed by atoms with Crippen molar-refractivity contribution in [1.29, 1.82) is 0 Å². The summed E-state index contributed by atoms with van der Waals surface area (Å²) in [4.78, 5) is 24.4. The molecule has 1 fully saturated rings. The van der Waals surface area contributed by atoms with Gasteiger partial charge in [-0.05, 0) is 44.9 Å². The van der Waals surface area contributed by atoms with Crippen LogP contribution in [0.2, 0.25) is 5.02 Å². The number of aryl methyl sites for hydroxylation is 1. The highest BCUT2D eigenvalue weighted by atomic mass is 35.5. The van der Waals surface area contributed by atoms with Crippen LogP contribution in [0.5, 0.6) is 0 Å². The molecule has 1 aliphatic carbocycles. The lowest BCUT2D eigenvalue weighted by Gasteiger charge is -2.08. The minimum Gasteiger partial charge on any atom is -0.454 e. The van der Waals surface area contributed by atoms with Crippen LogP contribution >= 0.6 is 11.6 Å². The number of hydrogen-bond acceptors (Lipinski definition) is 3. The maximum absolute atomic E-state index is 12.3. The van der Waals surface area contributed by atoms with E-state index in [0.717, 1.165) is 24.2 Å². The number of carbonyl (C=O) groups is 2. The maximum atomic E-state index is 12.3. The Morgan fingerprint density at radius 3 is 2.57 bits per heavy atom. The van der Waals surface area contributed by atoms with E-state index in [1.807, 2.05) is 19.9 Å². The second-order valence-corrected chi connectivity index (χ2v) is 6.27. The third kappa shape index (κ3) is 3.17. The summed E-state index contributed by atoms with van der Waals surface area (Å²) in [5, 5.41) is 0.362. The Morgan fingerprint density at radius 1 is 1.22 bits per heavy atom. The van der Waals surface area contributed by atoms with Gasteiger partial charge in [0.15, 0.2) is 6.61 Å². The zero-order chi connectivity index (χ0) is 16.6. The molecule has 0 amide bonds. The van der Waals surface area contributed by atoms with Crippen LogP contribution in [0.1, 0.15) is 51.0 Å². The highest BCUT2D eigenvalue weighted by Crippen LogP contribution is 2.38. The molecule has 0 unspecified atom stereocenters. The van der Waals surface area contributed by atoms with Gasteiger partial charge in [-0.2, -0.15) is 0 Å². The summed E-state index contributed by atoms with van der Waals surface area (Å²) in [6.45, 7) is 3.59. The molecule has 1 heterocycles. The molecule has 23 heavy (non-hydrogen) atoms. The van der Waals surface area contributed by atoms with Crippen molar-refractivity contribution in [3.63, 3.8) is 0 Å². The van der Waals surface area contributed by atoms with Crippen LogP contribution in [-0.4, -0.2) is 22.9 Å². The van der Waals surface area contributed by atoms with Crippen molar-refractivity contribution in [3.05, 3.63) is 57.9 Å². The van der Waals surface area contributed by atoms with Gasteiger partial charge in [0.25, 0.3) is 0 Å². The van der Waals surface area contributed by atoms with E-state index in [9.17, 15) is 9.59 Å². The third-order valence-electron chi connectivity index (χ3n) is 4.12. The lowest BCUT2D eigenvalue weighted by molar-refractivity contribution is 0.0474. The topological polar surface area (TPSA) is 48.3 Å². The number of rotatable bonds is 5. The maximum Gasteiger partial charge on any atom is 0.340 e. The van der Waals surface area contributed by atoms with E-state index >= 15 is 0 Å². The molecule has 0 aliphatic heterocycles. The molecule has 1 saturated carbocycles. The molecule has 1 aromatic heterocycles. The van der Waals surface area contributed by atoms with Crippen molar-refractivity contribution < 1.29 is 14.3 Å². The van der Waals surface area contributed by atoms with Crippen LogP contribution in [-0.2, 0) is 4.74 Å². The van der Waals surface area contributed by atoms with E-state index < -0.39 is 5.97 Å². The van der Waals surface area contributed by atoms with E-state index in [4.69, 9.17) is 16.3 Å². The molecule has 1 aliphatic rings. The number of nitrogens with zero attached hydrogens (tertiary/aromatic N) is 1. The van der Waals surface area contributed by atoms with E-state index in [1.54, 1.807) is 24.3 Å². The van der Waals surface area contributed by atoms with Crippen LogP contribution in [0.4, 0.5) is 0 Å². The van der Waals surface area contributed by atoms with Gasteiger partial charge in [0, 0.05) is 23.0 Å². The smallest absolute Gasteiger partial charge is 0.340 e. The molecule has 3 rings (SSSR count). The monoisotopic (exact) mass is 331 g/mol. The lowest BCUT2D eigenvalue weighted by atomic mass is 10.1. The predicted octanol–water partition coefficient (Wildman–Crippen LogP) is 4.13. The number of halogens is 1. The van der Waals surface area contributed by atoms with Gasteiger partial charge < -0.3 is 9.30 Å². The molecule has 120 valence electrons. The molecule has 5 heteroatoms. The number of benzene rings is 1. The first kappa shape index (κ1) is 15.8. The molecule has 1 aromatic carbocycles. The van der Waals surface area contributed by atoms with Crippen molar-refractivity contribution in [3.8, 4) is 0 Å². The normalized spacial score (nSPS) is 13.9. The van der Waals surface area contributed by atoms with Gasteiger partial charge in [-0.3, -0.25) is 4.79 Å². The summed E-state index contributed by atoms with van der Waals surface area (Å²) in [5.74, 6) is -0.773. The molecule has 0 N–H and O–H groups in total. The Balaban J connectivity index is 1.69. The molecule has 0 radical (unpaired) electrons. The summed E-state index contributed by atoms with van der Waals surface area (Å²) in [6.07, 6.45) is 2.30. The number of ketones is 1. The first-order valence-corrected chi connectivity index (χ1v) is 8.00. The van der Waals surface area contributed by atoms with Crippen LogP contribution in [0, 0.1) is 13.8 Å². The van der Waals surface area contributed by atoms with E-state index in [2.05, 4.69) is 4.57 Å². The van der Waals surface area contributed by atoms with Gasteiger partial charge in [0.05, 0.1) is 10.6 Å². The molecule has 0 saturated heterocycles. The third-order valence-corrected chi connectivity index (χ3v) is 4.45.